The third kappa shape index (κ3) is 11.9. The molecule has 166 valence electrons. The van der Waals surface area contributed by atoms with Gasteiger partial charge in [0.2, 0.25) is 0 Å². The number of nitrogens with one attached hydrogen (secondary N) is 1. The Bertz CT molecular complexity index is 856. The van der Waals surface area contributed by atoms with Crippen molar-refractivity contribution in [2.75, 3.05) is 19.9 Å². The molecule has 2 aromatic carbocycles. The normalized spacial score (nSPS) is 15.5. The summed E-state index contributed by atoms with van der Waals surface area (Å²) in [5.74, 6) is -0.0197. The molecule has 0 radical (unpaired) electrons. The number of hydrogen-bond acceptors (Lipinski definition) is 6. The van der Waals surface area contributed by atoms with Gasteiger partial charge in [0.05, 0.1) is 13.2 Å². The summed E-state index contributed by atoms with van der Waals surface area (Å²) in [4.78, 5) is 20.2. The van der Waals surface area contributed by atoms with Gasteiger partial charge in [0, 0.05) is 13.3 Å². The van der Waals surface area contributed by atoms with E-state index in [9.17, 15) is 13.9 Å². The standard InChI is InChI=1S/C13H20NO4P.C7H9O3P/c1-4-17-13(15)11(2)14-19(3,16)18-10-12-8-6-5-7-9-12;1-11(8,9)10-7-5-3-2-4-6-7/h5-9,11H,4,10H2,1-3H3,(H,14,16);2-6H,1H3,(H,8,9). The van der Waals surface area contributed by atoms with Gasteiger partial charge in [-0.2, -0.15) is 0 Å². The number of rotatable bonds is 9. The molecule has 0 bridgehead atoms. The number of hydrogen-bond donors (Lipinski definition) is 2. The molecule has 0 aromatic heterocycles. The zero-order valence-electron chi connectivity index (χ0n) is 17.6. The Labute approximate surface area is 177 Å². The molecule has 2 rings (SSSR count). The number of para-hydroxylation sites is 1. The smallest absolute Gasteiger partial charge is 0.373 e. The summed E-state index contributed by atoms with van der Waals surface area (Å²) in [6.45, 7) is 6.45. The van der Waals surface area contributed by atoms with E-state index < -0.39 is 27.1 Å². The first-order valence-corrected chi connectivity index (χ1v) is 13.4. The predicted octanol–water partition coefficient (Wildman–Crippen LogP) is 4.45. The highest BCUT2D eigenvalue weighted by molar-refractivity contribution is 7.56. The minimum absolute atomic E-state index is 0.233. The molecule has 0 saturated carbocycles. The fourth-order valence-electron chi connectivity index (χ4n) is 2.16. The average Bonchev–Trinajstić information content (AvgIpc) is 2.67. The summed E-state index contributed by atoms with van der Waals surface area (Å²) < 4.78 is 37.8. The minimum Gasteiger partial charge on any atom is -0.465 e. The molecule has 10 heteroatoms. The van der Waals surface area contributed by atoms with Crippen LogP contribution in [-0.4, -0.2) is 36.8 Å². The van der Waals surface area contributed by atoms with Crippen LogP contribution in [0.25, 0.3) is 0 Å². The van der Waals surface area contributed by atoms with Gasteiger partial charge in [0.15, 0.2) is 0 Å². The van der Waals surface area contributed by atoms with E-state index in [1.165, 1.54) is 6.66 Å². The summed E-state index contributed by atoms with van der Waals surface area (Å²) in [5, 5.41) is 2.67. The van der Waals surface area contributed by atoms with Crippen LogP contribution in [0, 0.1) is 0 Å². The Morgan fingerprint density at radius 3 is 2.07 bits per heavy atom. The van der Waals surface area contributed by atoms with Gasteiger partial charge >= 0.3 is 13.6 Å². The van der Waals surface area contributed by atoms with Crippen molar-refractivity contribution in [1.82, 2.24) is 5.09 Å². The maximum atomic E-state index is 12.2. The van der Waals surface area contributed by atoms with E-state index >= 15 is 0 Å². The van der Waals surface area contributed by atoms with Crippen LogP contribution in [-0.2, 0) is 29.8 Å². The maximum absolute atomic E-state index is 12.2. The maximum Gasteiger partial charge on any atom is 0.373 e. The second kappa shape index (κ2) is 12.7. The van der Waals surface area contributed by atoms with E-state index in [0.717, 1.165) is 12.2 Å². The SMILES string of the molecule is CCOC(=O)C(C)NP(C)(=O)OCc1ccccc1.CP(=O)(O)Oc1ccccc1. The largest absolute Gasteiger partial charge is 0.465 e. The van der Waals surface area contributed by atoms with Crippen molar-refractivity contribution >= 4 is 21.1 Å². The molecule has 2 aromatic rings. The van der Waals surface area contributed by atoms with Crippen molar-refractivity contribution in [1.29, 1.82) is 0 Å². The lowest BCUT2D eigenvalue weighted by Crippen LogP contribution is -2.33. The number of ether oxygens (including phenoxy) is 1. The zero-order chi connectivity index (χ0) is 22.6. The molecule has 0 aliphatic rings. The first kappa shape index (κ1) is 26.1. The molecule has 0 heterocycles. The molecule has 8 nitrogen and oxygen atoms in total. The van der Waals surface area contributed by atoms with Gasteiger partial charge in [-0.15, -0.1) is 0 Å². The van der Waals surface area contributed by atoms with Gasteiger partial charge < -0.3 is 18.7 Å². The molecule has 30 heavy (non-hydrogen) atoms. The van der Waals surface area contributed by atoms with Crippen LogP contribution in [0.5, 0.6) is 5.75 Å². The average molecular weight is 457 g/mol. The predicted molar refractivity (Wildman–Crippen MR) is 117 cm³/mol. The first-order chi connectivity index (χ1) is 14.0. The topological polar surface area (TPSA) is 111 Å². The summed E-state index contributed by atoms with van der Waals surface area (Å²) in [6, 6.07) is 17.3. The van der Waals surface area contributed by atoms with Crippen LogP contribution in [0.4, 0.5) is 0 Å². The Kier molecular flexibility index (Phi) is 11.0. The highest BCUT2D eigenvalue weighted by Crippen LogP contribution is 2.39. The fourth-order valence-corrected chi connectivity index (χ4v) is 3.95. The van der Waals surface area contributed by atoms with E-state index in [4.69, 9.17) is 18.7 Å². The van der Waals surface area contributed by atoms with Crippen LogP contribution in [0.3, 0.4) is 0 Å². The minimum atomic E-state index is -3.39. The van der Waals surface area contributed by atoms with Crippen LogP contribution in [0.1, 0.15) is 19.4 Å². The van der Waals surface area contributed by atoms with E-state index in [-0.39, 0.29) is 6.61 Å². The van der Waals surface area contributed by atoms with Crippen molar-refractivity contribution in [3.63, 3.8) is 0 Å². The van der Waals surface area contributed by atoms with E-state index in [0.29, 0.717) is 12.4 Å². The fraction of sp³-hybridized carbons (Fsp3) is 0.350. The molecule has 0 spiro atoms. The summed E-state index contributed by atoms with van der Waals surface area (Å²) in [7, 11) is -6.43. The molecule has 0 aliphatic heterocycles. The van der Waals surface area contributed by atoms with Crippen LogP contribution in [0.2, 0.25) is 0 Å². The first-order valence-electron chi connectivity index (χ1n) is 9.27. The Balaban J connectivity index is 0.000000346. The van der Waals surface area contributed by atoms with E-state index in [2.05, 4.69) is 5.09 Å². The Hall–Kier alpha value is -1.95. The van der Waals surface area contributed by atoms with Gasteiger partial charge in [-0.1, -0.05) is 48.5 Å². The molecular weight excluding hydrogens is 428 g/mol. The highest BCUT2D eigenvalue weighted by atomic mass is 31.2. The quantitative estimate of drug-likeness (QED) is 0.420. The number of esters is 1. The lowest BCUT2D eigenvalue weighted by Gasteiger charge is -2.19. The molecule has 0 saturated heterocycles. The summed E-state index contributed by atoms with van der Waals surface area (Å²) in [5.41, 5.74) is 0.926. The van der Waals surface area contributed by atoms with Crippen molar-refractivity contribution < 1.29 is 32.6 Å². The lowest BCUT2D eigenvalue weighted by molar-refractivity contribution is -0.144. The highest BCUT2D eigenvalue weighted by Gasteiger charge is 2.24. The summed E-state index contributed by atoms with van der Waals surface area (Å²) in [6.07, 6.45) is 0. The van der Waals surface area contributed by atoms with Gasteiger partial charge in [0.25, 0.3) is 7.52 Å². The van der Waals surface area contributed by atoms with Crippen LogP contribution < -0.4 is 9.61 Å². The zero-order valence-corrected chi connectivity index (χ0v) is 19.3. The molecule has 0 fully saturated rings. The van der Waals surface area contributed by atoms with Crippen molar-refractivity contribution in [3.8, 4) is 5.75 Å². The number of carbonyl (C=O) groups is 1. The van der Waals surface area contributed by atoms with E-state index in [1.807, 2.05) is 36.4 Å². The molecule has 3 atom stereocenters. The number of carbonyl (C=O) groups excluding carboxylic acids is 1. The van der Waals surface area contributed by atoms with Crippen molar-refractivity contribution in [3.05, 3.63) is 66.2 Å². The van der Waals surface area contributed by atoms with Gasteiger partial charge in [-0.05, 0) is 31.5 Å². The van der Waals surface area contributed by atoms with Crippen molar-refractivity contribution in [2.24, 2.45) is 0 Å². The second-order valence-electron chi connectivity index (χ2n) is 6.42. The Morgan fingerprint density at radius 1 is 1.03 bits per heavy atom. The molecule has 3 unspecified atom stereocenters. The number of benzene rings is 2. The molecule has 0 amide bonds. The third-order valence-corrected chi connectivity index (χ3v) is 5.43. The van der Waals surface area contributed by atoms with Crippen LogP contribution in [0.15, 0.2) is 60.7 Å². The molecular formula is C20H29NO7P2. The van der Waals surface area contributed by atoms with Crippen molar-refractivity contribution in [2.45, 2.75) is 26.5 Å². The monoisotopic (exact) mass is 457 g/mol. The second-order valence-corrected chi connectivity index (χ2v) is 10.4. The summed E-state index contributed by atoms with van der Waals surface area (Å²) >= 11 is 0. The Morgan fingerprint density at radius 2 is 1.57 bits per heavy atom. The molecule has 0 aliphatic carbocycles. The van der Waals surface area contributed by atoms with Gasteiger partial charge in [-0.3, -0.25) is 9.36 Å². The lowest BCUT2D eigenvalue weighted by atomic mass is 10.2. The van der Waals surface area contributed by atoms with Crippen LogP contribution >= 0.6 is 15.1 Å². The molecule has 2 N–H and O–H groups in total. The van der Waals surface area contributed by atoms with Gasteiger partial charge in [-0.25, -0.2) is 9.65 Å². The third-order valence-electron chi connectivity index (χ3n) is 3.41. The van der Waals surface area contributed by atoms with Gasteiger partial charge in [0.1, 0.15) is 11.8 Å². The van der Waals surface area contributed by atoms with E-state index in [1.54, 1.807) is 38.1 Å².